The Morgan fingerprint density at radius 3 is 2.89 bits per heavy atom. The maximum Gasteiger partial charge on any atom is 0.224 e. The number of nitrogens with zero attached hydrogens (tertiary/aromatic N) is 2. The van der Waals surface area contributed by atoms with Crippen molar-refractivity contribution in [2.24, 2.45) is 0 Å². The highest BCUT2D eigenvalue weighted by Gasteiger charge is 2.06. The van der Waals surface area contributed by atoms with Crippen LogP contribution in [-0.4, -0.2) is 21.6 Å². The van der Waals surface area contributed by atoms with Crippen LogP contribution in [0.1, 0.15) is 18.4 Å². The zero-order chi connectivity index (χ0) is 13.5. The van der Waals surface area contributed by atoms with E-state index in [0.29, 0.717) is 25.3 Å². The average molecular weight is 278 g/mol. The summed E-state index contributed by atoms with van der Waals surface area (Å²) < 4.78 is 1.82. The van der Waals surface area contributed by atoms with E-state index in [0.717, 1.165) is 11.3 Å². The summed E-state index contributed by atoms with van der Waals surface area (Å²) in [4.78, 5) is 11.7. The van der Waals surface area contributed by atoms with E-state index < -0.39 is 0 Å². The molecule has 1 aromatic heterocycles. The third kappa shape index (κ3) is 4.10. The number of hydrogen-bond acceptors (Lipinski definition) is 2. The predicted molar refractivity (Wildman–Crippen MR) is 76.4 cm³/mol. The Bertz CT molecular complexity index is 525. The second-order valence-corrected chi connectivity index (χ2v) is 4.58. The number of rotatable bonds is 6. The van der Waals surface area contributed by atoms with Crippen molar-refractivity contribution >= 4 is 23.2 Å². The Hall–Kier alpha value is -1.81. The molecule has 0 aliphatic heterocycles. The van der Waals surface area contributed by atoms with Crippen LogP contribution in [0.25, 0.3) is 0 Å². The Kier molecular flexibility index (Phi) is 4.98. The molecule has 5 heteroatoms. The number of hydrogen-bond donors (Lipinski definition) is 1. The largest absolute Gasteiger partial charge is 0.326 e. The first-order valence-corrected chi connectivity index (χ1v) is 6.74. The number of aromatic nitrogens is 2. The number of carbonyl (C=O) groups is 1. The standard InChI is InChI=1S/C14H16ClN3O/c15-8-3-7-14(19)17-13-6-2-1-5-12(13)11-18-10-4-9-16-18/h1-2,4-6,9-10H,3,7-8,11H2,(H,17,19). The maximum atomic E-state index is 11.7. The second-order valence-electron chi connectivity index (χ2n) is 4.20. The van der Waals surface area contributed by atoms with Crippen molar-refractivity contribution in [1.29, 1.82) is 0 Å². The van der Waals surface area contributed by atoms with E-state index in [9.17, 15) is 4.79 Å². The van der Waals surface area contributed by atoms with Gasteiger partial charge in [-0.2, -0.15) is 5.10 Å². The molecule has 0 fully saturated rings. The Balaban J connectivity index is 2.05. The molecule has 1 amide bonds. The number of alkyl halides is 1. The lowest BCUT2D eigenvalue weighted by Gasteiger charge is -2.11. The number of nitrogens with one attached hydrogen (secondary N) is 1. The summed E-state index contributed by atoms with van der Waals surface area (Å²) in [6.07, 6.45) is 4.77. The van der Waals surface area contributed by atoms with Crippen LogP contribution in [-0.2, 0) is 11.3 Å². The fourth-order valence-corrected chi connectivity index (χ4v) is 1.92. The number of anilines is 1. The first-order chi connectivity index (χ1) is 9.29. The van der Waals surface area contributed by atoms with Crippen molar-refractivity contribution in [2.45, 2.75) is 19.4 Å². The van der Waals surface area contributed by atoms with Gasteiger partial charge in [-0.3, -0.25) is 9.48 Å². The fraction of sp³-hybridized carbons (Fsp3) is 0.286. The average Bonchev–Trinajstić information content (AvgIpc) is 2.91. The molecule has 100 valence electrons. The van der Waals surface area contributed by atoms with E-state index in [2.05, 4.69) is 10.4 Å². The summed E-state index contributed by atoms with van der Waals surface area (Å²) in [5.41, 5.74) is 1.86. The van der Waals surface area contributed by atoms with Crippen LogP contribution in [0.5, 0.6) is 0 Å². The number of halogens is 1. The molecule has 0 bridgehead atoms. The van der Waals surface area contributed by atoms with Gasteiger partial charge in [0.05, 0.1) is 6.54 Å². The highest BCUT2D eigenvalue weighted by atomic mass is 35.5. The molecule has 1 aromatic carbocycles. The van der Waals surface area contributed by atoms with E-state index in [-0.39, 0.29) is 5.91 Å². The van der Waals surface area contributed by atoms with Crippen LogP contribution in [0.15, 0.2) is 42.7 Å². The van der Waals surface area contributed by atoms with Gasteiger partial charge in [-0.05, 0) is 24.1 Å². The van der Waals surface area contributed by atoms with Crippen LogP contribution in [0.2, 0.25) is 0 Å². The normalized spacial score (nSPS) is 10.4. The van der Waals surface area contributed by atoms with Crippen molar-refractivity contribution < 1.29 is 4.79 Å². The van der Waals surface area contributed by atoms with Crippen LogP contribution in [0, 0.1) is 0 Å². The molecule has 0 aliphatic rings. The molecular weight excluding hydrogens is 262 g/mol. The van der Waals surface area contributed by atoms with Crippen LogP contribution >= 0.6 is 11.6 Å². The third-order valence-corrected chi connectivity index (χ3v) is 2.99. The van der Waals surface area contributed by atoms with Gasteiger partial charge in [-0.1, -0.05) is 18.2 Å². The van der Waals surface area contributed by atoms with Gasteiger partial charge in [0.15, 0.2) is 0 Å². The first kappa shape index (κ1) is 13.6. The van der Waals surface area contributed by atoms with E-state index in [1.54, 1.807) is 6.20 Å². The predicted octanol–water partition coefficient (Wildman–Crippen LogP) is 2.89. The number of carbonyl (C=O) groups excluding carboxylic acids is 1. The summed E-state index contributed by atoms with van der Waals surface area (Å²) in [6.45, 7) is 0.638. The highest BCUT2D eigenvalue weighted by Crippen LogP contribution is 2.16. The molecule has 1 heterocycles. The second kappa shape index (κ2) is 6.95. The zero-order valence-corrected chi connectivity index (χ0v) is 11.3. The van der Waals surface area contributed by atoms with Crippen LogP contribution in [0.3, 0.4) is 0 Å². The summed E-state index contributed by atoms with van der Waals surface area (Å²) in [5.74, 6) is 0.496. The Morgan fingerprint density at radius 1 is 1.32 bits per heavy atom. The van der Waals surface area contributed by atoms with Crippen molar-refractivity contribution in [3.05, 3.63) is 48.3 Å². The molecule has 0 spiro atoms. The van der Waals surface area contributed by atoms with Gasteiger partial charge in [0.25, 0.3) is 0 Å². The molecule has 0 saturated carbocycles. The van der Waals surface area contributed by atoms with Crippen molar-refractivity contribution in [2.75, 3.05) is 11.2 Å². The molecule has 0 atom stereocenters. The SMILES string of the molecule is O=C(CCCCl)Nc1ccccc1Cn1cccn1. The highest BCUT2D eigenvalue weighted by molar-refractivity contribution is 6.18. The zero-order valence-electron chi connectivity index (χ0n) is 10.6. The van der Waals surface area contributed by atoms with Gasteiger partial charge < -0.3 is 5.32 Å². The Morgan fingerprint density at radius 2 is 2.16 bits per heavy atom. The van der Waals surface area contributed by atoms with Crippen molar-refractivity contribution in [1.82, 2.24) is 9.78 Å². The summed E-state index contributed by atoms with van der Waals surface area (Å²) in [7, 11) is 0. The molecule has 4 nitrogen and oxygen atoms in total. The van der Waals surface area contributed by atoms with Gasteiger partial charge in [0, 0.05) is 30.4 Å². The third-order valence-electron chi connectivity index (χ3n) is 2.72. The Labute approximate surface area is 117 Å². The molecular formula is C14H16ClN3O. The van der Waals surface area contributed by atoms with E-state index >= 15 is 0 Å². The number of amides is 1. The molecule has 0 aliphatic carbocycles. The minimum absolute atomic E-state index is 0.00596. The molecule has 19 heavy (non-hydrogen) atoms. The number of benzene rings is 1. The summed E-state index contributed by atoms with van der Waals surface area (Å²) in [6, 6.07) is 9.62. The molecule has 0 unspecified atom stereocenters. The fourth-order valence-electron chi connectivity index (χ4n) is 1.79. The minimum Gasteiger partial charge on any atom is -0.326 e. The van der Waals surface area contributed by atoms with Gasteiger partial charge >= 0.3 is 0 Å². The molecule has 1 N–H and O–H groups in total. The van der Waals surface area contributed by atoms with Gasteiger partial charge in [-0.15, -0.1) is 11.6 Å². The lowest BCUT2D eigenvalue weighted by atomic mass is 10.1. The van der Waals surface area contributed by atoms with E-state index in [1.807, 2.05) is 41.2 Å². The first-order valence-electron chi connectivity index (χ1n) is 6.21. The monoisotopic (exact) mass is 277 g/mol. The topological polar surface area (TPSA) is 46.9 Å². The summed E-state index contributed by atoms with van der Waals surface area (Å²) >= 11 is 5.58. The molecule has 0 saturated heterocycles. The quantitative estimate of drug-likeness (QED) is 0.826. The van der Waals surface area contributed by atoms with E-state index in [4.69, 9.17) is 11.6 Å². The minimum atomic E-state index is -0.00596. The smallest absolute Gasteiger partial charge is 0.224 e. The number of para-hydroxylation sites is 1. The lowest BCUT2D eigenvalue weighted by Crippen LogP contribution is -2.14. The van der Waals surface area contributed by atoms with Crippen molar-refractivity contribution in [3.63, 3.8) is 0 Å². The van der Waals surface area contributed by atoms with Crippen molar-refractivity contribution in [3.8, 4) is 0 Å². The van der Waals surface area contributed by atoms with Crippen LogP contribution in [0.4, 0.5) is 5.69 Å². The summed E-state index contributed by atoms with van der Waals surface area (Å²) in [5, 5.41) is 7.09. The van der Waals surface area contributed by atoms with E-state index in [1.165, 1.54) is 0 Å². The lowest BCUT2D eigenvalue weighted by molar-refractivity contribution is -0.116. The van der Waals surface area contributed by atoms with Gasteiger partial charge in [0.1, 0.15) is 0 Å². The maximum absolute atomic E-state index is 11.7. The van der Waals surface area contributed by atoms with Gasteiger partial charge in [-0.25, -0.2) is 0 Å². The molecule has 2 aromatic rings. The van der Waals surface area contributed by atoms with Crippen LogP contribution < -0.4 is 5.32 Å². The molecule has 2 rings (SSSR count). The van der Waals surface area contributed by atoms with Gasteiger partial charge in [0.2, 0.25) is 5.91 Å². The molecule has 0 radical (unpaired) electrons.